The number of nitrogens with one attached hydrogen (secondary N) is 2. The molecule has 2 N–H and O–H groups in total. The van der Waals surface area contributed by atoms with Crippen LogP contribution in [0.2, 0.25) is 5.02 Å². The third-order valence-electron chi connectivity index (χ3n) is 4.45. The SMILES string of the molecule is O=C(N[C@@H]1C[C@H]2CC[C@@H]1N2)c1ncc(-c2ccc(Cl)cc2)o1. The molecule has 2 saturated heterocycles. The Balaban J connectivity index is 1.46. The molecule has 4 rings (SSSR count). The molecule has 0 aliphatic carbocycles. The predicted octanol–water partition coefficient (Wildman–Crippen LogP) is 2.62. The van der Waals surface area contributed by atoms with Crippen molar-refractivity contribution in [3.8, 4) is 11.3 Å². The van der Waals surface area contributed by atoms with Crippen molar-refractivity contribution in [2.45, 2.75) is 37.4 Å². The lowest BCUT2D eigenvalue weighted by molar-refractivity contribution is 0.0896. The van der Waals surface area contributed by atoms with Gasteiger partial charge in [-0.15, -0.1) is 0 Å². The number of carbonyl (C=O) groups is 1. The van der Waals surface area contributed by atoms with E-state index in [-0.39, 0.29) is 17.8 Å². The van der Waals surface area contributed by atoms with Crippen LogP contribution in [0.3, 0.4) is 0 Å². The predicted molar refractivity (Wildman–Crippen MR) is 82.8 cm³/mol. The fourth-order valence-electron chi connectivity index (χ4n) is 3.34. The van der Waals surface area contributed by atoms with Gasteiger partial charge < -0.3 is 15.1 Å². The quantitative estimate of drug-likeness (QED) is 0.913. The standard InChI is InChI=1S/C16H16ClN3O2/c17-10-3-1-9(2-4-10)14-8-18-16(22-14)15(21)20-13-7-11-5-6-12(13)19-11/h1-4,8,11-13,19H,5-7H2,(H,20,21)/t11-,12+,13-/m1/s1. The van der Waals surface area contributed by atoms with E-state index >= 15 is 0 Å². The molecule has 0 unspecified atom stereocenters. The smallest absolute Gasteiger partial charge is 0.307 e. The van der Waals surface area contributed by atoms with E-state index in [1.807, 2.05) is 12.1 Å². The Labute approximate surface area is 133 Å². The maximum atomic E-state index is 12.3. The maximum Gasteiger partial charge on any atom is 0.307 e. The van der Waals surface area contributed by atoms with E-state index in [4.69, 9.17) is 16.0 Å². The van der Waals surface area contributed by atoms with Crippen molar-refractivity contribution >= 4 is 17.5 Å². The van der Waals surface area contributed by atoms with Crippen LogP contribution in [0.1, 0.15) is 29.9 Å². The molecule has 0 spiro atoms. The van der Waals surface area contributed by atoms with Crippen molar-refractivity contribution in [2.75, 3.05) is 0 Å². The molecule has 0 radical (unpaired) electrons. The minimum Gasteiger partial charge on any atom is -0.432 e. The molecule has 1 aromatic carbocycles. The lowest BCUT2D eigenvalue weighted by Crippen LogP contribution is -2.43. The Morgan fingerprint density at radius 2 is 2.14 bits per heavy atom. The van der Waals surface area contributed by atoms with Crippen LogP contribution in [0.5, 0.6) is 0 Å². The van der Waals surface area contributed by atoms with Gasteiger partial charge in [-0.05, 0) is 43.5 Å². The van der Waals surface area contributed by atoms with E-state index in [0.717, 1.165) is 18.4 Å². The summed E-state index contributed by atoms with van der Waals surface area (Å²) < 4.78 is 5.58. The zero-order valence-electron chi connectivity index (χ0n) is 11.9. The van der Waals surface area contributed by atoms with Gasteiger partial charge in [0.25, 0.3) is 5.89 Å². The number of hydrogen-bond acceptors (Lipinski definition) is 4. The Bertz CT molecular complexity index is 698. The fraction of sp³-hybridized carbons (Fsp3) is 0.375. The monoisotopic (exact) mass is 317 g/mol. The lowest BCUT2D eigenvalue weighted by atomic mass is 9.95. The lowest BCUT2D eigenvalue weighted by Gasteiger charge is -2.20. The van der Waals surface area contributed by atoms with E-state index in [9.17, 15) is 4.79 Å². The number of aromatic nitrogens is 1. The highest BCUT2D eigenvalue weighted by Gasteiger charge is 2.40. The molecule has 22 heavy (non-hydrogen) atoms. The van der Waals surface area contributed by atoms with Gasteiger partial charge in [-0.1, -0.05) is 11.6 Å². The summed E-state index contributed by atoms with van der Waals surface area (Å²) >= 11 is 5.86. The molecule has 1 amide bonds. The van der Waals surface area contributed by atoms with Gasteiger partial charge in [-0.25, -0.2) is 4.98 Å². The number of carbonyl (C=O) groups excluding carboxylic acids is 1. The Morgan fingerprint density at radius 3 is 2.82 bits per heavy atom. The highest BCUT2D eigenvalue weighted by Crippen LogP contribution is 2.28. The number of oxazole rings is 1. The first kappa shape index (κ1) is 13.8. The summed E-state index contributed by atoms with van der Waals surface area (Å²) in [5.74, 6) is 0.417. The normalized spacial score (nSPS) is 26.3. The van der Waals surface area contributed by atoms with Crippen molar-refractivity contribution in [2.24, 2.45) is 0 Å². The maximum absolute atomic E-state index is 12.3. The topological polar surface area (TPSA) is 67.2 Å². The number of fused-ring (bicyclic) bond motifs is 2. The number of hydrogen-bond donors (Lipinski definition) is 2. The molecule has 3 heterocycles. The van der Waals surface area contributed by atoms with Crippen LogP contribution in [0, 0.1) is 0 Å². The average Bonchev–Trinajstić information content (AvgIpc) is 3.24. The number of benzene rings is 1. The van der Waals surface area contributed by atoms with Gasteiger partial charge in [0.15, 0.2) is 5.76 Å². The molecule has 2 fully saturated rings. The minimum atomic E-state index is -0.250. The number of rotatable bonds is 3. The Kier molecular flexibility index (Phi) is 3.39. The Hall–Kier alpha value is -1.85. The van der Waals surface area contributed by atoms with Gasteiger partial charge in [0.05, 0.1) is 6.20 Å². The van der Waals surface area contributed by atoms with Crippen molar-refractivity contribution in [1.82, 2.24) is 15.6 Å². The van der Waals surface area contributed by atoms with Gasteiger partial charge in [0.2, 0.25) is 0 Å². The van der Waals surface area contributed by atoms with Crippen LogP contribution in [0.15, 0.2) is 34.9 Å². The summed E-state index contributed by atoms with van der Waals surface area (Å²) in [6, 6.07) is 8.34. The molecule has 0 saturated carbocycles. The second-order valence-electron chi connectivity index (χ2n) is 5.90. The molecule has 5 nitrogen and oxygen atoms in total. The summed E-state index contributed by atoms with van der Waals surface area (Å²) in [6.45, 7) is 0. The van der Waals surface area contributed by atoms with Gasteiger partial charge in [0.1, 0.15) is 0 Å². The van der Waals surface area contributed by atoms with E-state index in [0.29, 0.717) is 22.9 Å². The number of halogens is 1. The van der Waals surface area contributed by atoms with Crippen molar-refractivity contribution < 1.29 is 9.21 Å². The molecule has 2 aliphatic heterocycles. The van der Waals surface area contributed by atoms with E-state index < -0.39 is 0 Å². The van der Waals surface area contributed by atoms with E-state index in [1.165, 1.54) is 6.42 Å². The molecule has 2 bridgehead atoms. The highest BCUT2D eigenvalue weighted by molar-refractivity contribution is 6.30. The van der Waals surface area contributed by atoms with Crippen molar-refractivity contribution in [1.29, 1.82) is 0 Å². The van der Waals surface area contributed by atoms with Crippen LogP contribution in [-0.2, 0) is 0 Å². The molecule has 2 aromatic rings. The van der Waals surface area contributed by atoms with Gasteiger partial charge in [0, 0.05) is 28.7 Å². The third kappa shape index (κ3) is 2.51. The first-order valence-electron chi connectivity index (χ1n) is 7.48. The van der Waals surface area contributed by atoms with Crippen LogP contribution in [0.4, 0.5) is 0 Å². The minimum absolute atomic E-state index is 0.104. The first-order chi connectivity index (χ1) is 10.7. The number of amides is 1. The van der Waals surface area contributed by atoms with Crippen LogP contribution < -0.4 is 10.6 Å². The largest absolute Gasteiger partial charge is 0.432 e. The van der Waals surface area contributed by atoms with E-state index in [2.05, 4.69) is 15.6 Å². The fourth-order valence-corrected chi connectivity index (χ4v) is 3.47. The average molecular weight is 318 g/mol. The molecule has 6 heteroatoms. The zero-order valence-corrected chi connectivity index (χ0v) is 12.6. The van der Waals surface area contributed by atoms with Crippen LogP contribution >= 0.6 is 11.6 Å². The third-order valence-corrected chi connectivity index (χ3v) is 4.70. The first-order valence-corrected chi connectivity index (χ1v) is 7.85. The summed E-state index contributed by atoms with van der Waals surface area (Å²) in [4.78, 5) is 16.3. The van der Waals surface area contributed by atoms with Crippen LogP contribution in [-0.4, -0.2) is 29.0 Å². The Morgan fingerprint density at radius 1 is 1.32 bits per heavy atom. The molecule has 114 valence electrons. The van der Waals surface area contributed by atoms with Crippen molar-refractivity contribution in [3.63, 3.8) is 0 Å². The molecule has 1 aromatic heterocycles. The summed E-state index contributed by atoms with van der Waals surface area (Å²) in [6.07, 6.45) is 4.88. The van der Waals surface area contributed by atoms with E-state index in [1.54, 1.807) is 18.3 Å². The van der Waals surface area contributed by atoms with Crippen molar-refractivity contribution in [3.05, 3.63) is 41.4 Å². The molecular formula is C16H16ClN3O2. The molecular weight excluding hydrogens is 302 g/mol. The second-order valence-corrected chi connectivity index (χ2v) is 6.34. The summed E-state index contributed by atoms with van der Waals surface area (Å²) in [5, 5.41) is 7.17. The zero-order chi connectivity index (χ0) is 15.1. The summed E-state index contributed by atoms with van der Waals surface area (Å²) in [5.41, 5.74) is 0.845. The number of nitrogens with zero attached hydrogens (tertiary/aromatic N) is 1. The second kappa shape index (κ2) is 5.41. The summed E-state index contributed by atoms with van der Waals surface area (Å²) in [7, 11) is 0. The highest BCUT2D eigenvalue weighted by atomic mass is 35.5. The van der Waals surface area contributed by atoms with Gasteiger partial charge in [-0.3, -0.25) is 4.79 Å². The molecule has 2 aliphatic rings. The van der Waals surface area contributed by atoms with Gasteiger partial charge >= 0.3 is 5.91 Å². The van der Waals surface area contributed by atoms with Gasteiger partial charge in [-0.2, -0.15) is 0 Å². The van der Waals surface area contributed by atoms with Crippen LogP contribution in [0.25, 0.3) is 11.3 Å². The molecule has 3 atom stereocenters.